The molecule has 2 aromatic carbocycles. The quantitative estimate of drug-likeness (QED) is 0.733. The van der Waals surface area contributed by atoms with Crippen LogP contribution < -0.4 is 10.2 Å². The van der Waals surface area contributed by atoms with Crippen molar-refractivity contribution < 1.29 is 9.90 Å². The summed E-state index contributed by atoms with van der Waals surface area (Å²) in [5.41, 5.74) is 5.19. The molecule has 6 heteroatoms. The van der Waals surface area contributed by atoms with Crippen LogP contribution in [0.3, 0.4) is 0 Å². The highest BCUT2D eigenvalue weighted by atomic mass is 16.4. The number of aromatic nitrogens is 2. The molecule has 5 rings (SSSR count). The van der Waals surface area contributed by atoms with E-state index in [1.165, 1.54) is 10.5 Å². The molecule has 0 radical (unpaired) electrons. The zero-order chi connectivity index (χ0) is 19.3. The molecule has 1 saturated heterocycles. The van der Waals surface area contributed by atoms with Crippen molar-refractivity contribution in [2.75, 3.05) is 18.0 Å². The van der Waals surface area contributed by atoms with Crippen molar-refractivity contribution in [2.45, 2.75) is 38.3 Å². The Bertz CT molecular complexity index is 1040. The predicted molar refractivity (Wildman–Crippen MR) is 109 cm³/mol. The fourth-order valence-corrected chi connectivity index (χ4v) is 4.50. The maximum absolute atomic E-state index is 11.8. The second-order valence-corrected chi connectivity index (χ2v) is 7.84. The molecule has 6 nitrogen and oxygen atoms in total. The largest absolute Gasteiger partial charge is 0.465 e. The summed E-state index contributed by atoms with van der Waals surface area (Å²) in [4.78, 5) is 18.4. The first kappa shape index (κ1) is 17.3. The van der Waals surface area contributed by atoms with Crippen molar-refractivity contribution in [3.8, 4) is 0 Å². The number of fused-ring (bicyclic) bond motifs is 3. The number of nitrogens with one attached hydrogen (secondary N) is 1. The van der Waals surface area contributed by atoms with Crippen molar-refractivity contribution in [2.24, 2.45) is 0 Å². The van der Waals surface area contributed by atoms with Gasteiger partial charge in [0.2, 0.25) is 0 Å². The van der Waals surface area contributed by atoms with E-state index >= 15 is 0 Å². The zero-order valence-corrected chi connectivity index (χ0v) is 15.9. The summed E-state index contributed by atoms with van der Waals surface area (Å²) in [6, 6.07) is 14.8. The molecule has 0 unspecified atom stereocenters. The van der Waals surface area contributed by atoms with Crippen molar-refractivity contribution in [1.82, 2.24) is 14.9 Å². The van der Waals surface area contributed by atoms with Gasteiger partial charge in [0.15, 0.2) is 0 Å². The lowest BCUT2D eigenvalue weighted by Gasteiger charge is -2.33. The molecule has 0 bridgehead atoms. The number of hydrogen-bond donors (Lipinski definition) is 2. The van der Waals surface area contributed by atoms with Crippen LogP contribution in [0, 0.1) is 0 Å². The van der Waals surface area contributed by atoms with Crippen LogP contribution >= 0.6 is 0 Å². The minimum Gasteiger partial charge on any atom is -0.465 e. The molecule has 2 N–H and O–H groups in total. The van der Waals surface area contributed by atoms with Crippen LogP contribution in [0.4, 0.5) is 10.5 Å². The van der Waals surface area contributed by atoms with Crippen molar-refractivity contribution in [3.05, 3.63) is 59.4 Å². The third kappa shape index (κ3) is 2.67. The first-order chi connectivity index (χ1) is 13.6. The molecule has 0 spiro atoms. The Kier molecular flexibility index (Phi) is 4.09. The maximum Gasteiger partial charge on any atom is 0.412 e. The third-order valence-electron chi connectivity index (χ3n) is 6.06. The van der Waals surface area contributed by atoms with Gasteiger partial charge < -0.3 is 15.0 Å². The topological polar surface area (TPSA) is 70.4 Å². The van der Waals surface area contributed by atoms with Gasteiger partial charge in [-0.1, -0.05) is 30.3 Å². The van der Waals surface area contributed by atoms with E-state index in [-0.39, 0.29) is 6.04 Å². The maximum atomic E-state index is 11.8. The Morgan fingerprint density at radius 3 is 2.68 bits per heavy atom. The van der Waals surface area contributed by atoms with E-state index in [4.69, 9.17) is 4.98 Å². The lowest BCUT2D eigenvalue weighted by molar-refractivity contribution is 0.198. The van der Waals surface area contributed by atoms with Crippen molar-refractivity contribution in [1.29, 1.82) is 0 Å². The van der Waals surface area contributed by atoms with E-state index in [2.05, 4.69) is 40.2 Å². The van der Waals surface area contributed by atoms with E-state index in [9.17, 15) is 9.90 Å². The lowest BCUT2D eigenvalue weighted by atomic mass is 9.95. The lowest BCUT2D eigenvalue weighted by Crippen LogP contribution is -2.44. The van der Waals surface area contributed by atoms with Crippen LogP contribution in [0.5, 0.6) is 0 Å². The second kappa shape index (κ2) is 6.63. The Morgan fingerprint density at radius 2 is 2.00 bits per heavy atom. The highest BCUT2D eigenvalue weighted by Gasteiger charge is 2.32. The van der Waals surface area contributed by atoms with E-state index in [0.29, 0.717) is 6.04 Å². The van der Waals surface area contributed by atoms with Gasteiger partial charge in [-0.2, -0.15) is 0 Å². The van der Waals surface area contributed by atoms with Gasteiger partial charge in [-0.3, -0.25) is 4.90 Å². The van der Waals surface area contributed by atoms with Crippen molar-refractivity contribution >= 4 is 22.8 Å². The Morgan fingerprint density at radius 1 is 1.21 bits per heavy atom. The van der Waals surface area contributed by atoms with Crippen LogP contribution in [-0.2, 0) is 12.8 Å². The van der Waals surface area contributed by atoms with Gasteiger partial charge in [-0.05, 0) is 37.5 Å². The van der Waals surface area contributed by atoms with Gasteiger partial charge in [0.25, 0.3) is 0 Å². The molecular weight excluding hydrogens is 352 g/mol. The van der Waals surface area contributed by atoms with E-state index < -0.39 is 6.09 Å². The Hall–Kier alpha value is -2.86. The average molecular weight is 376 g/mol. The highest BCUT2D eigenvalue weighted by molar-refractivity contribution is 5.94. The molecule has 28 heavy (non-hydrogen) atoms. The molecule has 3 aromatic rings. The summed E-state index contributed by atoms with van der Waals surface area (Å²) in [5, 5.41) is 13.1. The molecule has 1 atom stereocenters. The Labute approximate surface area is 163 Å². The summed E-state index contributed by atoms with van der Waals surface area (Å²) in [6.07, 6.45) is 1.58. The molecule has 2 aliphatic rings. The highest BCUT2D eigenvalue weighted by Crippen LogP contribution is 2.37. The standard InChI is InChI=1S/C22H24N4O2/c1-14-7-8-17-18(25(14)22(27)28)9-10-19-21(17)24-20(26(19)16-12-23-13-16)11-15-5-3-2-4-6-15/h2-6,9-10,14,16,23H,7-8,11-13H2,1H3,(H,27,28)/t14-/m0/s1. The molecule has 3 heterocycles. The summed E-state index contributed by atoms with van der Waals surface area (Å²) in [7, 11) is 0. The van der Waals surface area contributed by atoms with Gasteiger partial charge in [0.05, 0.1) is 22.8 Å². The smallest absolute Gasteiger partial charge is 0.412 e. The van der Waals surface area contributed by atoms with E-state index in [0.717, 1.165) is 60.5 Å². The fraction of sp³-hybridized carbons (Fsp3) is 0.364. The summed E-state index contributed by atoms with van der Waals surface area (Å²) >= 11 is 0. The first-order valence-electron chi connectivity index (χ1n) is 9.93. The van der Waals surface area contributed by atoms with Gasteiger partial charge in [0.1, 0.15) is 5.82 Å². The van der Waals surface area contributed by atoms with E-state index in [1.54, 1.807) is 0 Å². The fourth-order valence-electron chi connectivity index (χ4n) is 4.50. The van der Waals surface area contributed by atoms with Crippen LogP contribution in [0.25, 0.3) is 11.0 Å². The molecule has 2 aliphatic heterocycles. The van der Waals surface area contributed by atoms with Gasteiger partial charge >= 0.3 is 6.09 Å². The molecular formula is C22H24N4O2. The minimum atomic E-state index is -0.889. The summed E-state index contributed by atoms with van der Waals surface area (Å²) in [6.45, 7) is 3.87. The molecule has 0 aliphatic carbocycles. The van der Waals surface area contributed by atoms with Gasteiger partial charge in [-0.15, -0.1) is 0 Å². The SMILES string of the molecule is C[C@H]1CCc2c(ccc3c2nc(Cc2ccccc2)n3C2CNC2)N1C(=O)O. The summed E-state index contributed by atoms with van der Waals surface area (Å²) in [5.74, 6) is 1.06. The van der Waals surface area contributed by atoms with Crippen LogP contribution in [0.15, 0.2) is 42.5 Å². The van der Waals surface area contributed by atoms with Crippen molar-refractivity contribution in [3.63, 3.8) is 0 Å². The number of amides is 1. The van der Waals surface area contributed by atoms with Crippen LogP contribution in [-0.4, -0.2) is 39.9 Å². The first-order valence-corrected chi connectivity index (χ1v) is 9.93. The summed E-state index contributed by atoms with van der Waals surface area (Å²) < 4.78 is 2.36. The van der Waals surface area contributed by atoms with Crippen LogP contribution in [0.2, 0.25) is 0 Å². The molecule has 0 saturated carbocycles. The number of hydrogen-bond acceptors (Lipinski definition) is 3. The third-order valence-corrected chi connectivity index (χ3v) is 6.06. The molecule has 144 valence electrons. The molecule has 1 aromatic heterocycles. The predicted octanol–water partition coefficient (Wildman–Crippen LogP) is 3.59. The number of nitrogens with zero attached hydrogens (tertiary/aromatic N) is 3. The van der Waals surface area contributed by atoms with Crippen LogP contribution in [0.1, 0.15) is 36.3 Å². The number of aryl methyl sites for hydroxylation is 1. The number of carbonyl (C=O) groups is 1. The number of benzene rings is 2. The number of anilines is 1. The van der Waals surface area contributed by atoms with Gasteiger partial charge in [-0.25, -0.2) is 9.78 Å². The normalized spacial score (nSPS) is 19.5. The zero-order valence-electron chi connectivity index (χ0n) is 15.9. The second-order valence-electron chi connectivity index (χ2n) is 7.84. The average Bonchev–Trinajstić information content (AvgIpc) is 2.99. The minimum absolute atomic E-state index is 0.0100. The number of imidazole rings is 1. The van der Waals surface area contributed by atoms with E-state index in [1.807, 2.05) is 19.1 Å². The number of carboxylic acid groups (broad SMARTS) is 1. The number of rotatable bonds is 3. The molecule has 1 amide bonds. The Balaban J connectivity index is 1.67. The monoisotopic (exact) mass is 376 g/mol. The molecule has 1 fully saturated rings. The van der Waals surface area contributed by atoms with Gasteiger partial charge in [0, 0.05) is 31.1 Å².